The predicted molar refractivity (Wildman–Crippen MR) is 55.8 cm³/mol. The van der Waals surface area contributed by atoms with E-state index < -0.39 is 0 Å². The van der Waals surface area contributed by atoms with Crippen LogP contribution in [-0.2, 0) is 11.8 Å². The molecule has 1 aromatic heterocycles. The van der Waals surface area contributed by atoms with Gasteiger partial charge < -0.3 is 14.8 Å². The highest BCUT2D eigenvalue weighted by atomic mass is 16.5. The summed E-state index contributed by atoms with van der Waals surface area (Å²) in [6.07, 6.45) is 1.55. The maximum Gasteiger partial charge on any atom is 0.335 e. The maximum absolute atomic E-state index is 5.55. The first-order chi connectivity index (χ1) is 7.26. The molecule has 1 rings (SSSR count). The number of ether oxygens (including phenoxy) is 2. The predicted octanol–water partition coefficient (Wildman–Crippen LogP) is -0.182. The van der Waals surface area contributed by atoms with Crippen molar-refractivity contribution >= 4 is 0 Å². The molecule has 0 spiro atoms. The molecule has 1 heterocycles. The number of aryl methyl sites for hydroxylation is 1. The van der Waals surface area contributed by atoms with Crippen molar-refractivity contribution in [2.75, 3.05) is 26.8 Å². The summed E-state index contributed by atoms with van der Waals surface area (Å²) in [6, 6.07) is 0.387. The van der Waals surface area contributed by atoms with Crippen molar-refractivity contribution in [3.63, 3.8) is 0 Å². The molecule has 0 fully saturated rings. The molecule has 6 heteroatoms. The summed E-state index contributed by atoms with van der Waals surface area (Å²) in [5.41, 5.74) is 0. The Labute approximate surface area is 89.6 Å². The van der Waals surface area contributed by atoms with Crippen LogP contribution in [-0.4, -0.2) is 47.7 Å². The lowest BCUT2D eigenvalue weighted by molar-refractivity contribution is 0.0744. The van der Waals surface area contributed by atoms with Gasteiger partial charge in [-0.2, -0.15) is 4.98 Å². The van der Waals surface area contributed by atoms with Crippen molar-refractivity contribution in [3.05, 3.63) is 6.33 Å². The van der Waals surface area contributed by atoms with E-state index in [1.165, 1.54) is 0 Å². The molecule has 1 unspecified atom stereocenters. The van der Waals surface area contributed by atoms with E-state index in [1.807, 2.05) is 6.92 Å². The zero-order valence-electron chi connectivity index (χ0n) is 9.43. The Morgan fingerprint density at radius 1 is 1.60 bits per heavy atom. The third-order valence-electron chi connectivity index (χ3n) is 1.83. The van der Waals surface area contributed by atoms with Crippen LogP contribution in [0.25, 0.3) is 0 Å². The van der Waals surface area contributed by atoms with Gasteiger partial charge >= 0.3 is 6.01 Å². The van der Waals surface area contributed by atoms with Crippen molar-refractivity contribution in [3.8, 4) is 6.01 Å². The molecule has 0 aliphatic heterocycles. The molecular formula is C9H18N4O2. The molecular weight excluding hydrogens is 196 g/mol. The topological polar surface area (TPSA) is 61.2 Å². The third kappa shape index (κ3) is 4.26. The number of likely N-dealkylation sites (N-methyl/N-ethyl adjacent to an activating group) is 1. The zero-order valence-corrected chi connectivity index (χ0v) is 9.43. The van der Waals surface area contributed by atoms with Gasteiger partial charge in [0.05, 0.1) is 6.61 Å². The van der Waals surface area contributed by atoms with Gasteiger partial charge in [0.25, 0.3) is 0 Å². The van der Waals surface area contributed by atoms with E-state index in [-0.39, 0.29) is 6.10 Å². The van der Waals surface area contributed by atoms with Gasteiger partial charge in [0.1, 0.15) is 12.4 Å². The van der Waals surface area contributed by atoms with Gasteiger partial charge in [-0.1, -0.05) is 6.92 Å². The quantitative estimate of drug-likeness (QED) is 0.682. The fraction of sp³-hybridized carbons (Fsp3) is 0.778. The highest BCUT2D eigenvalue weighted by molar-refractivity contribution is 4.89. The second kappa shape index (κ2) is 6.36. The Morgan fingerprint density at radius 2 is 2.40 bits per heavy atom. The fourth-order valence-corrected chi connectivity index (χ4v) is 1.15. The van der Waals surface area contributed by atoms with Crippen LogP contribution in [0.1, 0.15) is 6.92 Å². The lowest BCUT2D eigenvalue weighted by Gasteiger charge is -2.15. The van der Waals surface area contributed by atoms with Gasteiger partial charge in [-0.25, -0.2) is 0 Å². The molecule has 1 N–H and O–H groups in total. The molecule has 0 aliphatic rings. The van der Waals surface area contributed by atoms with Crippen LogP contribution < -0.4 is 10.1 Å². The van der Waals surface area contributed by atoms with Crippen LogP contribution in [0, 0.1) is 0 Å². The monoisotopic (exact) mass is 214 g/mol. The van der Waals surface area contributed by atoms with Crippen molar-refractivity contribution in [2.24, 2.45) is 7.05 Å². The van der Waals surface area contributed by atoms with Gasteiger partial charge in [-0.05, 0) is 6.54 Å². The molecule has 86 valence electrons. The molecule has 0 saturated carbocycles. The highest BCUT2D eigenvalue weighted by Gasteiger charge is 2.11. The number of nitrogens with one attached hydrogen (secondary N) is 1. The van der Waals surface area contributed by atoms with Crippen molar-refractivity contribution in [1.29, 1.82) is 0 Å². The molecule has 0 aliphatic carbocycles. The first-order valence-electron chi connectivity index (χ1n) is 4.98. The molecule has 0 saturated heterocycles. The van der Waals surface area contributed by atoms with E-state index in [9.17, 15) is 0 Å². The summed E-state index contributed by atoms with van der Waals surface area (Å²) in [5, 5.41) is 7.23. The van der Waals surface area contributed by atoms with Crippen LogP contribution in [0.3, 0.4) is 0 Å². The van der Waals surface area contributed by atoms with Gasteiger partial charge in [-0.3, -0.25) is 4.68 Å². The van der Waals surface area contributed by atoms with Crippen molar-refractivity contribution in [1.82, 2.24) is 20.1 Å². The smallest absolute Gasteiger partial charge is 0.335 e. The van der Waals surface area contributed by atoms with Crippen LogP contribution in [0.5, 0.6) is 6.01 Å². The summed E-state index contributed by atoms with van der Waals surface area (Å²) in [7, 11) is 3.45. The first kappa shape index (κ1) is 11.9. The molecule has 1 atom stereocenters. The lowest BCUT2D eigenvalue weighted by Crippen LogP contribution is -2.35. The van der Waals surface area contributed by atoms with E-state index in [2.05, 4.69) is 15.4 Å². The van der Waals surface area contributed by atoms with Crippen molar-refractivity contribution < 1.29 is 9.47 Å². The maximum atomic E-state index is 5.55. The Bertz CT molecular complexity index is 277. The fourth-order valence-electron chi connectivity index (χ4n) is 1.15. The molecule has 15 heavy (non-hydrogen) atoms. The summed E-state index contributed by atoms with van der Waals surface area (Å²) in [6.45, 7) is 4.19. The van der Waals surface area contributed by atoms with E-state index in [0.717, 1.165) is 13.1 Å². The van der Waals surface area contributed by atoms with Gasteiger partial charge in [0.2, 0.25) is 0 Å². The van der Waals surface area contributed by atoms with Crippen molar-refractivity contribution in [2.45, 2.75) is 13.0 Å². The SMILES string of the molecule is CCNCC(COC)Oc1ncn(C)n1. The minimum atomic E-state index is -0.0580. The molecule has 0 amide bonds. The molecule has 0 bridgehead atoms. The number of rotatable bonds is 7. The van der Waals surface area contributed by atoms with Crippen LogP contribution in [0.2, 0.25) is 0 Å². The van der Waals surface area contributed by atoms with E-state index in [1.54, 1.807) is 25.2 Å². The van der Waals surface area contributed by atoms with E-state index in [0.29, 0.717) is 12.6 Å². The van der Waals surface area contributed by atoms with Crippen LogP contribution in [0.4, 0.5) is 0 Å². The van der Waals surface area contributed by atoms with Crippen LogP contribution >= 0.6 is 0 Å². The number of nitrogens with zero attached hydrogens (tertiary/aromatic N) is 3. The summed E-state index contributed by atoms with van der Waals surface area (Å²) >= 11 is 0. The second-order valence-electron chi connectivity index (χ2n) is 3.20. The average Bonchev–Trinajstić information content (AvgIpc) is 2.61. The third-order valence-corrected chi connectivity index (χ3v) is 1.83. The second-order valence-corrected chi connectivity index (χ2v) is 3.20. The minimum absolute atomic E-state index is 0.0580. The number of methoxy groups -OCH3 is 1. The summed E-state index contributed by atoms with van der Waals surface area (Å²) < 4.78 is 12.2. The Balaban J connectivity index is 2.42. The zero-order chi connectivity index (χ0) is 11.1. The largest absolute Gasteiger partial charge is 0.455 e. The Morgan fingerprint density at radius 3 is 2.93 bits per heavy atom. The molecule has 0 radical (unpaired) electrons. The normalized spacial score (nSPS) is 12.7. The van der Waals surface area contributed by atoms with E-state index >= 15 is 0 Å². The highest BCUT2D eigenvalue weighted by Crippen LogP contribution is 2.02. The summed E-state index contributed by atoms with van der Waals surface area (Å²) in [4.78, 5) is 3.99. The molecule has 6 nitrogen and oxygen atoms in total. The molecule has 1 aromatic rings. The lowest BCUT2D eigenvalue weighted by atomic mass is 10.4. The van der Waals surface area contributed by atoms with Gasteiger partial charge in [0.15, 0.2) is 0 Å². The first-order valence-corrected chi connectivity index (χ1v) is 4.98. The summed E-state index contributed by atoms with van der Waals surface area (Å²) in [5.74, 6) is 0. The van der Waals surface area contributed by atoms with Gasteiger partial charge in [-0.15, -0.1) is 5.10 Å². The number of hydrogen-bond acceptors (Lipinski definition) is 5. The molecule has 0 aromatic carbocycles. The Kier molecular flexibility index (Phi) is 5.06. The number of hydrogen-bond donors (Lipinski definition) is 1. The van der Waals surface area contributed by atoms with Crippen LogP contribution in [0.15, 0.2) is 6.33 Å². The van der Waals surface area contributed by atoms with Gasteiger partial charge in [0, 0.05) is 20.7 Å². The standard InChI is InChI=1S/C9H18N4O2/c1-4-10-5-8(6-14-3)15-9-11-7-13(2)12-9/h7-8,10H,4-6H2,1-3H3. The Hall–Kier alpha value is -1.14. The average molecular weight is 214 g/mol. The number of aromatic nitrogens is 3. The minimum Gasteiger partial charge on any atom is -0.455 e. The van der Waals surface area contributed by atoms with E-state index in [4.69, 9.17) is 9.47 Å².